The Hall–Kier alpha value is -3.20. The molecule has 0 amide bonds. The van der Waals surface area contributed by atoms with Crippen molar-refractivity contribution in [3.05, 3.63) is 84.9 Å². The van der Waals surface area contributed by atoms with Crippen molar-refractivity contribution in [2.75, 3.05) is 5.32 Å². The third-order valence-corrected chi connectivity index (χ3v) is 3.67. The van der Waals surface area contributed by atoms with Gasteiger partial charge < -0.3 is 5.32 Å². The Morgan fingerprint density at radius 3 is 1.69 bits per heavy atom. The summed E-state index contributed by atoms with van der Waals surface area (Å²) in [7, 11) is 0. The van der Waals surface area contributed by atoms with E-state index in [-0.39, 0.29) is 0 Å². The molecule has 0 atom stereocenters. The van der Waals surface area contributed by atoms with Crippen LogP contribution in [0.2, 0.25) is 0 Å². The Balaban J connectivity index is 0.000000644. The molecular weight excluding hydrogens is 354 g/mol. The summed E-state index contributed by atoms with van der Waals surface area (Å²) in [5.74, 6) is 1.54. The van der Waals surface area contributed by atoms with Crippen LogP contribution in [0.3, 0.4) is 0 Å². The van der Waals surface area contributed by atoms with Gasteiger partial charge in [-0.3, -0.25) is 0 Å². The average molecular weight is 388 g/mol. The van der Waals surface area contributed by atoms with Crippen molar-refractivity contribution in [1.29, 1.82) is 0 Å². The number of nitrogens with one attached hydrogen (secondary N) is 1. The van der Waals surface area contributed by atoms with Crippen molar-refractivity contribution < 1.29 is 0 Å². The molecule has 0 saturated heterocycles. The van der Waals surface area contributed by atoms with Crippen LogP contribution < -0.4 is 5.32 Å². The normalized spacial score (nSPS) is 9.03. The summed E-state index contributed by atoms with van der Waals surface area (Å²) >= 11 is 0. The lowest BCUT2D eigenvalue weighted by atomic mass is 10.2. The van der Waals surface area contributed by atoms with Crippen LogP contribution in [0.15, 0.2) is 84.9 Å². The zero-order chi connectivity index (χ0) is 21.5. The molecule has 0 aliphatic rings. The zero-order valence-corrected chi connectivity index (χ0v) is 18.5. The molecule has 0 saturated carbocycles. The fraction of sp³-hybridized carbons (Fsp3) is 0.231. The van der Waals surface area contributed by atoms with Crippen LogP contribution in [0.4, 0.5) is 11.5 Å². The van der Waals surface area contributed by atoms with E-state index in [1.807, 2.05) is 126 Å². The predicted molar refractivity (Wildman–Crippen MR) is 129 cm³/mol. The zero-order valence-electron chi connectivity index (χ0n) is 18.5. The van der Waals surface area contributed by atoms with Crippen LogP contribution in [0.1, 0.15) is 41.5 Å². The lowest BCUT2D eigenvalue weighted by molar-refractivity contribution is 1.22. The smallest absolute Gasteiger partial charge is 0.162 e. The van der Waals surface area contributed by atoms with Crippen molar-refractivity contribution in [2.24, 2.45) is 0 Å². The lowest BCUT2D eigenvalue weighted by Gasteiger charge is -2.11. The summed E-state index contributed by atoms with van der Waals surface area (Å²) in [5, 5.41) is 4.42. The Labute approximate surface area is 175 Å². The Morgan fingerprint density at radius 1 is 0.552 bits per heavy atom. The largest absolute Gasteiger partial charge is 0.340 e. The van der Waals surface area contributed by atoms with E-state index in [4.69, 9.17) is 9.97 Å². The van der Waals surface area contributed by atoms with Gasteiger partial charge in [-0.05, 0) is 24.3 Å². The standard InChI is InChI=1S/C20H15N3.3C2H6/c1-3-9-15(10-4-1)19-22-18-14-8-7-13-17(18)20(23-19)21-16-11-5-2-6-12-16;3*1-2/h1-14H,(H,21,22,23);3*1-2H3. The molecule has 0 radical (unpaired) electrons. The molecule has 1 N–H and O–H groups in total. The fourth-order valence-electron chi connectivity index (χ4n) is 2.55. The van der Waals surface area contributed by atoms with E-state index < -0.39 is 0 Å². The molecule has 1 heterocycles. The first-order valence-corrected chi connectivity index (χ1v) is 10.5. The molecule has 1 aromatic heterocycles. The summed E-state index contributed by atoms with van der Waals surface area (Å²) < 4.78 is 0. The summed E-state index contributed by atoms with van der Waals surface area (Å²) in [6, 6.07) is 28.1. The molecular formula is C26H33N3. The van der Waals surface area contributed by atoms with Crippen LogP contribution in [0.25, 0.3) is 22.3 Å². The summed E-state index contributed by atoms with van der Waals surface area (Å²) in [6.07, 6.45) is 0. The maximum atomic E-state index is 4.74. The van der Waals surface area contributed by atoms with E-state index in [1.165, 1.54) is 0 Å². The summed E-state index contributed by atoms with van der Waals surface area (Å²) in [6.45, 7) is 12.0. The van der Waals surface area contributed by atoms with Gasteiger partial charge in [0.1, 0.15) is 5.82 Å². The molecule has 0 aliphatic carbocycles. The average Bonchev–Trinajstić information content (AvgIpc) is 2.84. The molecule has 0 aliphatic heterocycles. The van der Waals surface area contributed by atoms with Gasteiger partial charge in [-0.15, -0.1) is 0 Å². The SMILES string of the molecule is CC.CC.CC.c1ccc(Nc2nc(-c3ccccc3)nc3ccccc23)cc1. The van der Waals surface area contributed by atoms with Crippen LogP contribution in [0, 0.1) is 0 Å². The monoisotopic (exact) mass is 387 g/mol. The van der Waals surface area contributed by atoms with E-state index in [1.54, 1.807) is 0 Å². The predicted octanol–water partition coefficient (Wildman–Crippen LogP) is 8.12. The van der Waals surface area contributed by atoms with Crippen LogP contribution in [-0.4, -0.2) is 9.97 Å². The fourth-order valence-corrected chi connectivity index (χ4v) is 2.55. The molecule has 0 unspecified atom stereocenters. The third kappa shape index (κ3) is 6.72. The lowest BCUT2D eigenvalue weighted by Crippen LogP contribution is -1.99. The van der Waals surface area contributed by atoms with E-state index in [0.29, 0.717) is 0 Å². The molecule has 3 heteroatoms. The van der Waals surface area contributed by atoms with Gasteiger partial charge in [0.25, 0.3) is 0 Å². The molecule has 152 valence electrons. The second-order valence-corrected chi connectivity index (χ2v) is 5.27. The van der Waals surface area contributed by atoms with Gasteiger partial charge in [0.05, 0.1) is 5.52 Å². The Kier molecular flexibility index (Phi) is 11.4. The number of benzene rings is 3. The van der Waals surface area contributed by atoms with Crippen molar-refractivity contribution in [3.63, 3.8) is 0 Å². The van der Waals surface area contributed by atoms with Crippen LogP contribution in [0.5, 0.6) is 0 Å². The molecule has 3 aromatic carbocycles. The van der Waals surface area contributed by atoms with E-state index in [2.05, 4.69) is 5.32 Å². The van der Waals surface area contributed by atoms with Crippen molar-refractivity contribution >= 4 is 22.4 Å². The number of hydrogen-bond acceptors (Lipinski definition) is 3. The van der Waals surface area contributed by atoms with Gasteiger partial charge >= 0.3 is 0 Å². The minimum atomic E-state index is 0.725. The number of anilines is 2. The highest BCUT2D eigenvalue weighted by Crippen LogP contribution is 2.27. The Bertz CT molecular complexity index is 936. The molecule has 3 nitrogen and oxygen atoms in total. The van der Waals surface area contributed by atoms with Gasteiger partial charge in [-0.1, -0.05) is 102 Å². The summed E-state index contributed by atoms with van der Waals surface area (Å²) in [4.78, 5) is 9.44. The van der Waals surface area contributed by atoms with Gasteiger partial charge in [0, 0.05) is 16.6 Å². The van der Waals surface area contributed by atoms with Gasteiger partial charge in [-0.25, -0.2) is 9.97 Å². The number of fused-ring (bicyclic) bond motifs is 1. The first-order valence-electron chi connectivity index (χ1n) is 10.5. The number of para-hydroxylation sites is 2. The van der Waals surface area contributed by atoms with Gasteiger partial charge in [0.15, 0.2) is 5.82 Å². The quantitative estimate of drug-likeness (QED) is 0.385. The molecule has 0 spiro atoms. The van der Waals surface area contributed by atoms with Crippen LogP contribution >= 0.6 is 0 Å². The van der Waals surface area contributed by atoms with E-state index in [9.17, 15) is 0 Å². The molecule has 4 rings (SSSR count). The number of hydrogen-bond donors (Lipinski definition) is 1. The Morgan fingerprint density at radius 2 is 1.07 bits per heavy atom. The molecule has 4 aromatic rings. The second-order valence-electron chi connectivity index (χ2n) is 5.27. The maximum absolute atomic E-state index is 4.74. The maximum Gasteiger partial charge on any atom is 0.162 e. The highest BCUT2D eigenvalue weighted by atomic mass is 15.0. The van der Waals surface area contributed by atoms with Gasteiger partial charge in [-0.2, -0.15) is 0 Å². The van der Waals surface area contributed by atoms with Crippen molar-refractivity contribution in [2.45, 2.75) is 41.5 Å². The number of aromatic nitrogens is 2. The highest BCUT2D eigenvalue weighted by Gasteiger charge is 2.09. The summed E-state index contributed by atoms with van der Waals surface area (Å²) in [5.41, 5.74) is 2.95. The van der Waals surface area contributed by atoms with E-state index >= 15 is 0 Å². The minimum absolute atomic E-state index is 0.725. The topological polar surface area (TPSA) is 37.8 Å². The van der Waals surface area contributed by atoms with Gasteiger partial charge in [0.2, 0.25) is 0 Å². The first kappa shape index (κ1) is 23.8. The highest BCUT2D eigenvalue weighted by molar-refractivity contribution is 5.92. The minimum Gasteiger partial charge on any atom is -0.340 e. The third-order valence-electron chi connectivity index (χ3n) is 3.67. The molecule has 0 fully saturated rings. The van der Waals surface area contributed by atoms with E-state index in [0.717, 1.165) is 33.8 Å². The molecule has 0 bridgehead atoms. The molecule has 29 heavy (non-hydrogen) atoms. The number of rotatable bonds is 3. The second kappa shape index (κ2) is 13.9. The van der Waals surface area contributed by atoms with Crippen LogP contribution in [-0.2, 0) is 0 Å². The number of nitrogens with zero attached hydrogens (tertiary/aromatic N) is 2. The van der Waals surface area contributed by atoms with Crippen molar-refractivity contribution in [3.8, 4) is 11.4 Å². The first-order chi connectivity index (χ1) is 14.4. The van der Waals surface area contributed by atoms with Crippen molar-refractivity contribution in [1.82, 2.24) is 9.97 Å².